The molecule has 138 valence electrons. The Hall–Kier alpha value is -2.28. The average molecular weight is 375 g/mol. The van der Waals surface area contributed by atoms with Gasteiger partial charge in [0.1, 0.15) is 5.82 Å². The van der Waals surface area contributed by atoms with Crippen molar-refractivity contribution in [3.05, 3.63) is 40.8 Å². The summed E-state index contributed by atoms with van der Waals surface area (Å²) in [6, 6.07) is 3.84. The molecule has 0 spiro atoms. The Kier molecular flexibility index (Phi) is 4.72. The smallest absolute Gasteiger partial charge is 0.318 e. The summed E-state index contributed by atoms with van der Waals surface area (Å²) in [4.78, 5) is 21.1. The quantitative estimate of drug-likeness (QED) is 0.876. The van der Waals surface area contributed by atoms with Gasteiger partial charge in [-0.25, -0.2) is 9.78 Å². The Morgan fingerprint density at radius 1 is 1.23 bits per heavy atom. The molecule has 1 saturated heterocycles. The Balaban J connectivity index is 1.35. The van der Waals surface area contributed by atoms with Gasteiger partial charge < -0.3 is 15.1 Å². The van der Waals surface area contributed by atoms with Crippen LogP contribution >= 0.6 is 11.6 Å². The number of pyridine rings is 1. The fourth-order valence-corrected chi connectivity index (χ4v) is 3.90. The molecule has 1 N–H and O–H groups in total. The lowest BCUT2D eigenvalue weighted by Gasteiger charge is -2.36. The van der Waals surface area contributed by atoms with E-state index >= 15 is 0 Å². The second kappa shape index (κ2) is 7.15. The third-order valence-electron chi connectivity index (χ3n) is 5.28. The summed E-state index contributed by atoms with van der Waals surface area (Å²) in [5.41, 5.74) is 2.40. The zero-order valence-electron chi connectivity index (χ0n) is 14.9. The Labute approximate surface area is 157 Å². The molecule has 1 atom stereocenters. The maximum absolute atomic E-state index is 12.7. The van der Waals surface area contributed by atoms with Gasteiger partial charge >= 0.3 is 6.03 Å². The van der Waals surface area contributed by atoms with Crippen molar-refractivity contribution in [1.82, 2.24) is 25.0 Å². The van der Waals surface area contributed by atoms with Gasteiger partial charge in [0.25, 0.3) is 0 Å². The van der Waals surface area contributed by atoms with Crippen LogP contribution in [0.4, 0.5) is 10.6 Å². The number of carbonyl (C=O) groups excluding carboxylic acids is 1. The molecule has 1 aliphatic heterocycles. The minimum absolute atomic E-state index is 0.00965. The Morgan fingerprint density at radius 2 is 2.04 bits per heavy atom. The molecule has 26 heavy (non-hydrogen) atoms. The van der Waals surface area contributed by atoms with E-state index in [9.17, 15) is 4.79 Å². The van der Waals surface area contributed by atoms with E-state index in [1.54, 1.807) is 6.20 Å². The van der Waals surface area contributed by atoms with Crippen LogP contribution in [0.3, 0.4) is 0 Å². The molecule has 1 unspecified atom stereocenters. The normalized spacial score (nSPS) is 20.0. The fourth-order valence-electron chi connectivity index (χ4n) is 3.79. The van der Waals surface area contributed by atoms with Crippen LogP contribution in [0.15, 0.2) is 24.5 Å². The van der Waals surface area contributed by atoms with E-state index < -0.39 is 0 Å². The number of fused-ring (bicyclic) bond motifs is 1. The van der Waals surface area contributed by atoms with E-state index in [4.69, 9.17) is 11.6 Å². The number of amides is 2. The number of nitrogens with one attached hydrogen (secondary N) is 1. The number of hydrogen-bond donors (Lipinski definition) is 1. The van der Waals surface area contributed by atoms with Gasteiger partial charge in [-0.3, -0.25) is 4.68 Å². The SMILES string of the molecule is Cn1ncc2c1CCCC2NC(=O)N1CCN(c2ccc(Cl)cn2)CC1. The second-order valence-electron chi connectivity index (χ2n) is 6.87. The van der Waals surface area contributed by atoms with Gasteiger partial charge in [0, 0.05) is 50.7 Å². The average Bonchev–Trinajstić information content (AvgIpc) is 3.05. The first kappa shape index (κ1) is 17.1. The number of urea groups is 1. The first-order chi connectivity index (χ1) is 12.6. The first-order valence-corrected chi connectivity index (χ1v) is 9.42. The number of anilines is 1. The lowest BCUT2D eigenvalue weighted by Crippen LogP contribution is -2.52. The van der Waals surface area contributed by atoms with Crippen molar-refractivity contribution < 1.29 is 4.79 Å². The van der Waals surface area contributed by atoms with E-state index in [0.29, 0.717) is 18.1 Å². The molecule has 0 bridgehead atoms. The van der Waals surface area contributed by atoms with Crippen molar-refractivity contribution in [2.75, 3.05) is 31.1 Å². The number of halogens is 1. The van der Waals surface area contributed by atoms with Gasteiger partial charge in [-0.2, -0.15) is 5.10 Å². The van der Waals surface area contributed by atoms with Crippen LogP contribution in [-0.4, -0.2) is 51.9 Å². The molecule has 2 aromatic heterocycles. The maximum Gasteiger partial charge on any atom is 0.318 e. The summed E-state index contributed by atoms with van der Waals surface area (Å²) in [7, 11) is 1.97. The van der Waals surface area contributed by atoms with Crippen molar-refractivity contribution in [2.24, 2.45) is 7.05 Å². The summed E-state index contributed by atoms with van der Waals surface area (Å²) in [6.45, 7) is 2.90. The third kappa shape index (κ3) is 3.35. The zero-order valence-corrected chi connectivity index (χ0v) is 15.6. The molecule has 1 aliphatic carbocycles. The molecule has 7 nitrogen and oxygen atoms in total. The van der Waals surface area contributed by atoms with Crippen LogP contribution in [0.25, 0.3) is 0 Å². The van der Waals surface area contributed by atoms with Crippen molar-refractivity contribution in [1.29, 1.82) is 0 Å². The summed E-state index contributed by atoms with van der Waals surface area (Å²) in [5.74, 6) is 0.904. The molecule has 0 radical (unpaired) electrons. The highest BCUT2D eigenvalue weighted by Gasteiger charge is 2.28. The van der Waals surface area contributed by atoms with Gasteiger partial charge in [-0.05, 0) is 31.4 Å². The van der Waals surface area contributed by atoms with E-state index in [0.717, 1.165) is 43.7 Å². The summed E-state index contributed by atoms with van der Waals surface area (Å²) < 4.78 is 1.92. The Bertz CT molecular complexity index is 781. The van der Waals surface area contributed by atoms with Gasteiger partial charge in [-0.15, -0.1) is 0 Å². The standard InChI is InChI=1S/C18H23ClN6O/c1-23-16-4-2-3-15(14(16)12-21-23)22-18(26)25-9-7-24(8-10-25)17-6-5-13(19)11-20-17/h5-6,11-12,15H,2-4,7-10H2,1H3,(H,22,26). The van der Waals surface area contributed by atoms with Crippen LogP contribution in [0.2, 0.25) is 5.02 Å². The van der Waals surface area contributed by atoms with Crippen molar-refractivity contribution >= 4 is 23.4 Å². The number of aromatic nitrogens is 3. The lowest BCUT2D eigenvalue weighted by atomic mass is 9.93. The predicted octanol–water partition coefficient (Wildman–Crippen LogP) is 2.38. The molecule has 1 fully saturated rings. The monoisotopic (exact) mass is 374 g/mol. The third-order valence-corrected chi connectivity index (χ3v) is 5.50. The van der Waals surface area contributed by atoms with Crippen molar-refractivity contribution in [3.63, 3.8) is 0 Å². The predicted molar refractivity (Wildman–Crippen MR) is 100 cm³/mol. The molecule has 4 rings (SSSR count). The molecule has 2 aliphatic rings. The number of nitrogens with zero attached hydrogens (tertiary/aromatic N) is 5. The number of piperazine rings is 1. The molecular formula is C18H23ClN6O. The van der Waals surface area contributed by atoms with Crippen LogP contribution in [-0.2, 0) is 13.5 Å². The number of hydrogen-bond acceptors (Lipinski definition) is 4. The molecule has 0 saturated carbocycles. The molecule has 2 amide bonds. The topological polar surface area (TPSA) is 66.3 Å². The Morgan fingerprint density at radius 3 is 2.77 bits per heavy atom. The highest BCUT2D eigenvalue weighted by atomic mass is 35.5. The molecule has 2 aromatic rings. The van der Waals surface area contributed by atoms with Gasteiger partial charge in [0.15, 0.2) is 0 Å². The van der Waals surface area contributed by atoms with Crippen molar-refractivity contribution in [3.8, 4) is 0 Å². The molecule has 0 aromatic carbocycles. The van der Waals surface area contributed by atoms with E-state index in [1.165, 1.54) is 5.69 Å². The van der Waals surface area contributed by atoms with E-state index in [2.05, 4.69) is 20.3 Å². The van der Waals surface area contributed by atoms with E-state index in [1.807, 2.05) is 35.0 Å². The largest absolute Gasteiger partial charge is 0.353 e. The highest BCUT2D eigenvalue weighted by molar-refractivity contribution is 6.30. The first-order valence-electron chi connectivity index (χ1n) is 9.04. The second-order valence-corrected chi connectivity index (χ2v) is 7.31. The van der Waals surface area contributed by atoms with Crippen molar-refractivity contribution in [2.45, 2.75) is 25.3 Å². The zero-order chi connectivity index (χ0) is 18.1. The summed E-state index contributed by atoms with van der Waals surface area (Å²) >= 11 is 5.90. The lowest BCUT2D eigenvalue weighted by molar-refractivity contribution is 0.188. The van der Waals surface area contributed by atoms with Crippen LogP contribution in [0.1, 0.15) is 30.1 Å². The number of carbonyl (C=O) groups is 1. The van der Waals surface area contributed by atoms with Crippen LogP contribution < -0.4 is 10.2 Å². The highest BCUT2D eigenvalue weighted by Crippen LogP contribution is 2.29. The molecule has 3 heterocycles. The maximum atomic E-state index is 12.7. The van der Waals surface area contributed by atoms with E-state index in [-0.39, 0.29) is 12.1 Å². The minimum atomic E-state index is 0.00965. The number of rotatable bonds is 2. The number of aryl methyl sites for hydroxylation is 1. The molecular weight excluding hydrogens is 352 g/mol. The minimum Gasteiger partial charge on any atom is -0.353 e. The van der Waals surface area contributed by atoms with Crippen LogP contribution in [0, 0.1) is 0 Å². The van der Waals surface area contributed by atoms with Crippen LogP contribution in [0.5, 0.6) is 0 Å². The summed E-state index contributed by atoms with van der Waals surface area (Å²) in [6.07, 6.45) is 6.63. The molecule has 8 heteroatoms. The fraction of sp³-hybridized carbons (Fsp3) is 0.500. The van der Waals surface area contributed by atoms with Gasteiger partial charge in [0.2, 0.25) is 0 Å². The van der Waals surface area contributed by atoms with Gasteiger partial charge in [0.05, 0.1) is 17.3 Å². The summed E-state index contributed by atoms with van der Waals surface area (Å²) in [5, 5.41) is 8.18. The van der Waals surface area contributed by atoms with Gasteiger partial charge in [-0.1, -0.05) is 11.6 Å².